The van der Waals surface area contributed by atoms with Crippen LogP contribution in [-0.2, 0) is 36.8 Å². The minimum absolute atomic E-state index is 0.0399. The molecule has 1 aliphatic rings. The van der Waals surface area contributed by atoms with Crippen LogP contribution >= 0.6 is 0 Å². The van der Waals surface area contributed by atoms with Crippen molar-refractivity contribution in [3.63, 3.8) is 0 Å². The molecule has 0 saturated carbocycles. The molecule has 0 saturated heterocycles. The highest BCUT2D eigenvalue weighted by atomic mass is 19.4. The van der Waals surface area contributed by atoms with Crippen LogP contribution in [0.25, 0.3) is 10.9 Å². The number of rotatable bonds is 3. The van der Waals surface area contributed by atoms with Gasteiger partial charge < -0.3 is 19.3 Å². The molecule has 1 aliphatic heterocycles. The zero-order valence-electron chi connectivity index (χ0n) is 24.7. The molecule has 3 aromatic rings. The first-order chi connectivity index (χ1) is 19.5. The van der Waals surface area contributed by atoms with Gasteiger partial charge in [-0.3, -0.25) is 0 Å². The summed E-state index contributed by atoms with van der Waals surface area (Å²) in [7, 11) is 0. The first-order valence-corrected chi connectivity index (χ1v) is 13.8. The van der Waals surface area contributed by atoms with Gasteiger partial charge in [0.05, 0.1) is 11.1 Å². The molecule has 2 amide bonds. The number of nitrogens with zero attached hydrogens (tertiary/aromatic N) is 4. The molecule has 4 rings (SSSR count). The Labute approximate surface area is 243 Å². The number of aliphatic imine (C=N–C) groups is 1. The maximum atomic E-state index is 14.6. The fourth-order valence-corrected chi connectivity index (χ4v) is 5.37. The second-order valence-electron chi connectivity index (χ2n) is 12.4. The van der Waals surface area contributed by atoms with Gasteiger partial charge in [0, 0.05) is 36.3 Å². The number of carboxylic acid groups (broad SMARTS) is 1. The molecule has 0 fully saturated rings. The summed E-state index contributed by atoms with van der Waals surface area (Å²) >= 11 is 0. The average molecular weight is 587 g/mol. The van der Waals surface area contributed by atoms with Gasteiger partial charge in [-0.05, 0) is 65.5 Å². The van der Waals surface area contributed by atoms with Gasteiger partial charge in [0.1, 0.15) is 5.60 Å². The van der Waals surface area contributed by atoms with Crippen molar-refractivity contribution in [2.24, 2.45) is 4.99 Å². The normalized spacial score (nSPS) is 14.6. The zero-order chi connectivity index (χ0) is 31.0. The minimum atomic E-state index is -4.57. The first kappa shape index (κ1) is 30.9. The smallest absolute Gasteiger partial charge is 0.437 e. The third-order valence-electron chi connectivity index (χ3n) is 6.93. The molecule has 1 N–H and O–H groups in total. The standard InChI is InChI=1S/C31H37F3N4O4/c1-29(2,3)38(28(40)41)26(35-27(39)42-30(4,5)6)36-17-18-37-23(16-15-20-11-8-7-9-12-20)24(31(32,33)34)22-14-10-13-21(19-36)25(22)37/h7-14H,15-19H2,1-6H3,(H,40,41). The van der Waals surface area contributed by atoms with E-state index in [4.69, 9.17) is 4.74 Å². The van der Waals surface area contributed by atoms with E-state index < -0.39 is 35.1 Å². The SMILES string of the molecule is CC(C)(C)OC(=O)N=C(N1CCn2c(CCc3ccccc3)c(C(F)(F)F)c3cccc(c32)C1)N(C(=O)O)C(C)(C)C. The highest BCUT2D eigenvalue weighted by Gasteiger charge is 2.41. The summed E-state index contributed by atoms with van der Waals surface area (Å²) in [5.74, 6) is -0.145. The maximum absolute atomic E-state index is 14.6. The molecule has 0 aliphatic carbocycles. The number of guanidine groups is 1. The molecule has 0 unspecified atom stereocenters. The van der Waals surface area contributed by atoms with Crippen molar-refractivity contribution in [1.29, 1.82) is 0 Å². The van der Waals surface area contributed by atoms with E-state index in [1.54, 1.807) is 63.1 Å². The number of benzene rings is 2. The second kappa shape index (κ2) is 11.3. The average Bonchev–Trinajstić information content (AvgIpc) is 3.04. The lowest BCUT2D eigenvalue weighted by atomic mass is 10.0. The van der Waals surface area contributed by atoms with Crippen molar-refractivity contribution in [3.05, 3.63) is 70.9 Å². The van der Waals surface area contributed by atoms with Crippen molar-refractivity contribution in [1.82, 2.24) is 14.4 Å². The van der Waals surface area contributed by atoms with E-state index in [9.17, 15) is 27.9 Å². The molecule has 226 valence electrons. The van der Waals surface area contributed by atoms with E-state index in [0.717, 1.165) is 10.5 Å². The Morgan fingerprint density at radius 2 is 1.62 bits per heavy atom. The van der Waals surface area contributed by atoms with Crippen molar-refractivity contribution >= 4 is 29.0 Å². The van der Waals surface area contributed by atoms with Gasteiger partial charge in [0.2, 0.25) is 5.96 Å². The lowest BCUT2D eigenvalue weighted by molar-refractivity contribution is -0.137. The summed E-state index contributed by atoms with van der Waals surface area (Å²) in [4.78, 5) is 32.1. The quantitative estimate of drug-likeness (QED) is 0.257. The van der Waals surface area contributed by atoms with E-state index in [2.05, 4.69) is 4.99 Å². The van der Waals surface area contributed by atoms with E-state index in [1.807, 2.05) is 30.3 Å². The molecule has 2 heterocycles. The van der Waals surface area contributed by atoms with Gasteiger partial charge in [-0.2, -0.15) is 13.2 Å². The van der Waals surface area contributed by atoms with Crippen LogP contribution in [0.4, 0.5) is 22.8 Å². The van der Waals surface area contributed by atoms with Crippen molar-refractivity contribution < 1.29 is 32.6 Å². The Bertz CT molecular complexity index is 1500. The number of aryl methyl sites for hydroxylation is 1. The molecule has 8 nitrogen and oxygen atoms in total. The van der Waals surface area contributed by atoms with Gasteiger partial charge in [-0.15, -0.1) is 4.99 Å². The molecular formula is C31H37F3N4O4. The second-order valence-corrected chi connectivity index (χ2v) is 12.4. The highest BCUT2D eigenvalue weighted by Crippen LogP contribution is 2.42. The van der Waals surface area contributed by atoms with Crippen LogP contribution in [0.15, 0.2) is 53.5 Å². The Hall–Kier alpha value is -4.02. The fourth-order valence-electron chi connectivity index (χ4n) is 5.37. The number of aromatic nitrogens is 1. The lowest BCUT2D eigenvalue weighted by Crippen LogP contribution is -2.55. The molecular weight excluding hydrogens is 549 g/mol. The van der Waals surface area contributed by atoms with Crippen LogP contribution < -0.4 is 0 Å². The number of ether oxygens (including phenoxy) is 1. The number of halogens is 3. The Kier molecular flexibility index (Phi) is 8.35. The van der Waals surface area contributed by atoms with Crippen molar-refractivity contribution in [2.75, 3.05) is 6.54 Å². The Balaban J connectivity index is 1.84. The fraction of sp³-hybridized carbons (Fsp3) is 0.452. The summed E-state index contributed by atoms with van der Waals surface area (Å²) in [6.45, 7) is 10.3. The highest BCUT2D eigenvalue weighted by molar-refractivity contribution is 5.99. The van der Waals surface area contributed by atoms with Gasteiger partial charge in [-0.25, -0.2) is 14.5 Å². The molecule has 42 heavy (non-hydrogen) atoms. The summed E-state index contributed by atoms with van der Waals surface area (Å²) in [5.41, 5.74) is -0.396. The third kappa shape index (κ3) is 6.71. The number of hydrogen-bond acceptors (Lipinski definition) is 3. The third-order valence-corrected chi connectivity index (χ3v) is 6.93. The van der Waals surface area contributed by atoms with Crippen LogP contribution in [0.2, 0.25) is 0 Å². The topological polar surface area (TPSA) is 87.4 Å². The van der Waals surface area contributed by atoms with Crippen molar-refractivity contribution in [3.8, 4) is 0 Å². The molecule has 0 spiro atoms. The predicted molar refractivity (Wildman–Crippen MR) is 154 cm³/mol. The van der Waals surface area contributed by atoms with E-state index in [1.165, 1.54) is 6.07 Å². The number of carbonyl (C=O) groups excluding carboxylic acids is 1. The molecule has 0 atom stereocenters. The van der Waals surface area contributed by atoms with Crippen LogP contribution in [0, 0.1) is 0 Å². The van der Waals surface area contributed by atoms with Crippen LogP contribution in [0.1, 0.15) is 63.9 Å². The van der Waals surface area contributed by atoms with Gasteiger partial charge >= 0.3 is 18.4 Å². The van der Waals surface area contributed by atoms with Gasteiger partial charge in [-0.1, -0.05) is 48.5 Å². The largest absolute Gasteiger partial charge is 0.465 e. The number of para-hydroxylation sites is 1. The summed E-state index contributed by atoms with van der Waals surface area (Å²) < 4.78 is 50.7. The molecule has 2 aromatic carbocycles. The molecule has 1 aromatic heterocycles. The van der Waals surface area contributed by atoms with Gasteiger partial charge in [0.15, 0.2) is 0 Å². The van der Waals surface area contributed by atoms with Gasteiger partial charge in [0.25, 0.3) is 0 Å². The number of carbonyl (C=O) groups is 2. The van der Waals surface area contributed by atoms with Crippen LogP contribution in [-0.4, -0.2) is 55.3 Å². The number of amides is 2. The Morgan fingerprint density at radius 1 is 0.952 bits per heavy atom. The zero-order valence-corrected chi connectivity index (χ0v) is 24.7. The summed E-state index contributed by atoms with van der Waals surface area (Å²) in [6, 6.07) is 14.1. The first-order valence-electron chi connectivity index (χ1n) is 13.8. The minimum Gasteiger partial charge on any atom is -0.465 e. The van der Waals surface area contributed by atoms with E-state index >= 15 is 0 Å². The predicted octanol–water partition coefficient (Wildman–Crippen LogP) is 7.33. The molecule has 0 bridgehead atoms. The summed E-state index contributed by atoms with van der Waals surface area (Å²) in [6.07, 6.45) is -6.27. The summed E-state index contributed by atoms with van der Waals surface area (Å²) in [5, 5.41) is 10.3. The Morgan fingerprint density at radius 3 is 2.19 bits per heavy atom. The number of hydrogen-bond donors (Lipinski definition) is 1. The van der Waals surface area contributed by atoms with E-state index in [0.29, 0.717) is 17.5 Å². The molecule has 11 heteroatoms. The monoisotopic (exact) mass is 586 g/mol. The van der Waals surface area contributed by atoms with Crippen molar-refractivity contribution in [2.45, 2.75) is 84.8 Å². The number of alkyl halides is 3. The van der Waals surface area contributed by atoms with Crippen LogP contribution in [0.3, 0.4) is 0 Å². The van der Waals surface area contributed by atoms with E-state index in [-0.39, 0.29) is 43.1 Å². The molecule has 0 radical (unpaired) electrons. The van der Waals surface area contributed by atoms with Crippen LogP contribution in [0.5, 0.6) is 0 Å². The maximum Gasteiger partial charge on any atom is 0.437 e. The lowest BCUT2D eigenvalue weighted by Gasteiger charge is -2.38.